The zero-order valence-corrected chi connectivity index (χ0v) is 18.2. The summed E-state index contributed by atoms with van der Waals surface area (Å²) < 4.78 is 5.00. The fourth-order valence-corrected chi connectivity index (χ4v) is 3.74. The number of methoxy groups -OCH3 is 1. The van der Waals surface area contributed by atoms with Crippen molar-refractivity contribution in [3.63, 3.8) is 0 Å². The van der Waals surface area contributed by atoms with Crippen LogP contribution in [0.3, 0.4) is 0 Å². The average Bonchev–Trinajstić information content (AvgIpc) is 2.69. The number of benzene rings is 1. The lowest BCUT2D eigenvalue weighted by Gasteiger charge is -2.36. The maximum absolute atomic E-state index is 12.1. The average molecular weight is 397 g/mol. The van der Waals surface area contributed by atoms with E-state index in [-0.39, 0.29) is 18.4 Å². The summed E-state index contributed by atoms with van der Waals surface area (Å²) in [6.07, 6.45) is 0.810. The Kier molecular flexibility index (Phi) is 6.85. The third-order valence-electron chi connectivity index (χ3n) is 5.39. The highest BCUT2D eigenvalue weighted by Gasteiger charge is 2.25. The Morgan fingerprint density at radius 2 is 1.86 bits per heavy atom. The number of aryl methyl sites for hydroxylation is 2. The van der Waals surface area contributed by atoms with Crippen molar-refractivity contribution in [3.05, 3.63) is 52.5 Å². The number of nitrogens with zero attached hydrogens (tertiary/aromatic N) is 4. The van der Waals surface area contributed by atoms with Crippen molar-refractivity contribution < 1.29 is 9.53 Å². The van der Waals surface area contributed by atoms with Crippen molar-refractivity contribution in [3.8, 4) is 0 Å². The van der Waals surface area contributed by atoms with Crippen molar-refractivity contribution in [2.45, 2.75) is 40.0 Å². The van der Waals surface area contributed by atoms with Crippen molar-refractivity contribution in [2.75, 3.05) is 44.8 Å². The van der Waals surface area contributed by atoms with E-state index in [9.17, 15) is 4.79 Å². The SMILES string of the molecule is COCC(=O)N1CCN(c2nc(C(C)C)nc(C)c2Cc2cccc(C)c2)CC1. The molecule has 6 nitrogen and oxygen atoms in total. The molecule has 1 amide bonds. The van der Waals surface area contributed by atoms with Gasteiger partial charge in [0.05, 0.1) is 0 Å². The number of piperazine rings is 1. The number of amides is 1. The van der Waals surface area contributed by atoms with Crippen molar-refractivity contribution >= 4 is 11.7 Å². The molecule has 1 saturated heterocycles. The summed E-state index contributed by atoms with van der Waals surface area (Å²) in [4.78, 5) is 26.1. The minimum Gasteiger partial charge on any atom is -0.375 e. The van der Waals surface area contributed by atoms with Gasteiger partial charge in [-0.3, -0.25) is 4.79 Å². The molecule has 156 valence electrons. The minimum absolute atomic E-state index is 0.0499. The molecule has 2 heterocycles. The normalized spacial score (nSPS) is 14.6. The second-order valence-electron chi connectivity index (χ2n) is 8.09. The Balaban J connectivity index is 1.89. The predicted molar refractivity (Wildman–Crippen MR) is 116 cm³/mol. The summed E-state index contributed by atoms with van der Waals surface area (Å²) in [5, 5.41) is 0. The van der Waals surface area contributed by atoms with Crippen molar-refractivity contribution in [1.82, 2.24) is 14.9 Å². The van der Waals surface area contributed by atoms with Crippen LogP contribution in [0.25, 0.3) is 0 Å². The predicted octanol–water partition coefficient (Wildman–Crippen LogP) is 3.10. The molecule has 1 aliphatic heterocycles. The van der Waals surface area contributed by atoms with Crippen molar-refractivity contribution in [2.24, 2.45) is 0 Å². The molecule has 0 unspecified atom stereocenters. The third-order valence-corrected chi connectivity index (χ3v) is 5.39. The van der Waals surface area contributed by atoms with E-state index in [1.54, 1.807) is 7.11 Å². The maximum Gasteiger partial charge on any atom is 0.248 e. The molecule has 29 heavy (non-hydrogen) atoms. The first-order valence-electron chi connectivity index (χ1n) is 10.3. The Morgan fingerprint density at radius 3 is 2.48 bits per heavy atom. The van der Waals surface area contributed by atoms with Crippen LogP contribution in [0.4, 0.5) is 5.82 Å². The van der Waals surface area contributed by atoms with Gasteiger partial charge in [0.1, 0.15) is 18.2 Å². The van der Waals surface area contributed by atoms with Gasteiger partial charge in [-0.1, -0.05) is 43.7 Å². The maximum atomic E-state index is 12.1. The first-order chi connectivity index (χ1) is 13.9. The van der Waals surface area contributed by atoms with Crippen molar-refractivity contribution in [1.29, 1.82) is 0 Å². The Labute approximate surface area is 173 Å². The van der Waals surface area contributed by atoms with E-state index < -0.39 is 0 Å². The lowest BCUT2D eigenvalue weighted by atomic mass is 10.0. The van der Waals surface area contributed by atoms with Gasteiger partial charge in [0, 0.05) is 56.9 Å². The van der Waals surface area contributed by atoms with Gasteiger partial charge >= 0.3 is 0 Å². The highest BCUT2D eigenvalue weighted by atomic mass is 16.5. The molecule has 6 heteroatoms. The molecule has 1 aromatic heterocycles. The second kappa shape index (κ2) is 9.35. The molecule has 2 aromatic rings. The van der Waals surface area contributed by atoms with Gasteiger partial charge in [-0.2, -0.15) is 0 Å². The van der Waals surface area contributed by atoms with Crippen LogP contribution in [0.1, 0.15) is 48.0 Å². The Morgan fingerprint density at radius 1 is 1.14 bits per heavy atom. The summed E-state index contributed by atoms with van der Waals surface area (Å²) in [5.74, 6) is 2.21. The molecular weight excluding hydrogens is 364 g/mol. The third kappa shape index (κ3) is 5.12. The lowest BCUT2D eigenvalue weighted by molar-refractivity contribution is -0.135. The molecule has 0 aliphatic carbocycles. The van der Waals surface area contributed by atoms with E-state index >= 15 is 0 Å². The summed E-state index contributed by atoms with van der Waals surface area (Å²) in [7, 11) is 1.56. The fraction of sp³-hybridized carbons (Fsp3) is 0.522. The summed E-state index contributed by atoms with van der Waals surface area (Å²) in [6, 6.07) is 8.60. The highest BCUT2D eigenvalue weighted by Crippen LogP contribution is 2.27. The van der Waals surface area contributed by atoms with Crippen LogP contribution in [-0.2, 0) is 16.0 Å². The van der Waals surface area contributed by atoms with Gasteiger partial charge < -0.3 is 14.5 Å². The number of carbonyl (C=O) groups excluding carboxylic acids is 1. The van der Waals surface area contributed by atoms with Crippen LogP contribution in [0.15, 0.2) is 24.3 Å². The first kappa shape index (κ1) is 21.2. The molecule has 3 rings (SSSR count). The summed E-state index contributed by atoms with van der Waals surface area (Å²) >= 11 is 0. The second-order valence-corrected chi connectivity index (χ2v) is 8.09. The van der Waals surface area contributed by atoms with Gasteiger partial charge in [-0.25, -0.2) is 9.97 Å². The van der Waals surface area contributed by atoms with Gasteiger partial charge in [0.25, 0.3) is 0 Å². The first-order valence-corrected chi connectivity index (χ1v) is 10.3. The van der Waals surface area contributed by atoms with Crippen LogP contribution in [-0.4, -0.2) is 60.7 Å². The molecule has 1 aliphatic rings. The van der Waals surface area contributed by atoms with Gasteiger partial charge in [-0.05, 0) is 19.4 Å². The van der Waals surface area contributed by atoms with Gasteiger partial charge in [0.15, 0.2) is 0 Å². The van der Waals surface area contributed by atoms with E-state index in [0.717, 1.165) is 36.8 Å². The standard InChI is InChI=1S/C23H32N4O2/c1-16(2)22-24-18(4)20(14-19-8-6-7-17(3)13-19)23(25-22)27-11-9-26(10-12-27)21(28)15-29-5/h6-8,13,16H,9-12,14-15H2,1-5H3. The number of aromatic nitrogens is 2. The smallest absolute Gasteiger partial charge is 0.248 e. The zero-order chi connectivity index (χ0) is 21.0. The van der Waals surface area contributed by atoms with Gasteiger partial charge in [-0.15, -0.1) is 0 Å². The lowest BCUT2D eigenvalue weighted by Crippen LogP contribution is -2.50. The number of hydrogen-bond acceptors (Lipinski definition) is 5. The van der Waals surface area contributed by atoms with E-state index in [0.29, 0.717) is 13.1 Å². The number of ether oxygens (including phenoxy) is 1. The van der Waals surface area contributed by atoms with Crippen LogP contribution in [0, 0.1) is 13.8 Å². The van der Waals surface area contributed by atoms with Crippen LogP contribution in [0.5, 0.6) is 0 Å². The van der Waals surface area contributed by atoms with Gasteiger partial charge in [0.2, 0.25) is 5.91 Å². The molecule has 0 N–H and O–H groups in total. The molecule has 0 atom stereocenters. The molecule has 0 spiro atoms. The van der Waals surface area contributed by atoms with E-state index in [1.807, 2.05) is 4.90 Å². The number of carbonyl (C=O) groups is 1. The molecule has 0 bridgehead atoms. The molecule has 0 saturated carbocycles. The summed E-state index contributed by atoms with van der Waals surface area (Å²) in [6.45, 7) is 11.5. The fourth-order valence-electron chi connectivity index (χ4n) is 3.74. The minimum atomic E-state index is 0.0499. The van der Waals surface area contributed by atoms with Crippen LogP contribution in [0.2, 0.25) is 0 Å². The quantitative estimate of drug-likeness (QED) is 0.751. The highest BCUT2D eigenvalue weighted by molar-refractivity contribution is 5.77. The Bertz CT molecular complexity index is 858. The largest absolute Gasteiger partial charge is 0.375 e. The zero-order valence-electron chi connectivity index (χ0n) is 18.2. The van der Waals surface area contributed by atoms with E-state index in [1.165, 1.54) is 16.7 Å². The molecule has 1 fully saturated rings. The number of hydrogen-bond donors (Lipinski definition) is 0. The molecule has 1 aromatic carbocycles. The monoisotopic (exact) mass is 396 g/mol. The Hall–Kier alpha value is -2.47. The van der Waals surface area contributed by atoms with Crippen LogP contribution >= 0.6 is 0 Å². The number of rotatable bonds is 6. The van der Waals surface area contributed by atoms with E-state index in [4.69, 9.17) is 14.7 Å². The van der Waals surface area contributed by atoms with Crippen LogP contribution < -0.4 is 4.90 Å². The van der Waals surface area contributed by atoms with E-state index in [2.05, 4.69) is 56.9 Å². The molecule has 0 radical (unpaired) electrons. The number of anilines is 1. The molecular formula is C23H32N4O2. The summed E-state index contributed by atoms with van der Waals surface area (Å²) in [5.41, 5.74) is 4.74. The topological polar surface area (TPSA) is 58.6 Å².